The van der Waals surface area contributed by atoms with Gasteiger partial charge in [-0.05, 0) is 54.5 Å². The van der Waals surface area contributed by atoms with Gasteiger partial charge in [0.2, 0.25) is 5.95 Å². The van der Waals surface area contributed by atoms with Gasteiger partial charge in [0, 0.05) is 38.2 Å². The van der Waals surface area contributed by atoms with Gasteiger partial charge in [0.15, 0.2) is 11.6 Å². The van der Waals surface area contributed by atoms with Gasteiger partial charge in [-0.3, -0.25) is 4.57 Å². The van der Waals surface area contributed by atoms with E-state index in [-0.39, 0.29) is 0 Å². The Kier molecular flexibility index (Phi) is 8.53. The number of aromatic nitrogens is 4. The van der Waals surface area contributed by atoms with Crippen molar-refractivity contribution >= 4 is 60.1 Å². The van der Waals surface area contributed by atoms with E-state index in [0.717, 1.165) is 71.6 Å². The number of benzene rings is 6. The summed E-state index contributed by atoms with van der Waals surface area (Å²) in [6.45, 7) is 12.2. The molecule has 3 heterocycles. The molecule has 6 aromatic carbocycles. The van der Waals surface area contributed by atoms with Crippen LogP contribution in [0.3, 0.4) is 0 Å². The highest BCUT2D eigenvalue weighted by molar-refractivity contribution is 6.22. The van der Waals surface area contributed by atoms with E-state index in [1.807, 2.05) is 75.4 Å². The zero-order valence-electron chi connectivity index (χ0n) is 29.8. The predicted octanol–water partition coefficient (Wildman–Crippen LogP) is 12.9. The monoisotopic (exact) mass is 674 g/mol. The fourth-order valence-electron chi connectivity index (χ4n) is 7.03. The molecule has 0 saturated carbocycles. The quantitative estimate of drug-likeness (QED) is 0.165. The number of allylic oxidation sites excluding steroid dienone is 5. The maximum atomic E-state index is 6.29. The molecule has 9 aromatic rings. The van der Waals surface area contributed by atoms with Crippen LogP contribution in [0.4, 0.5) is 0 Å². The third-order valence-electron chi connectivity index (χ3n) is 9.34. The van der Waals surface area contributed by atoms with E-state index in [1.165, 1.54) is 10.8 Å². The lowest BCUT2D eigenvalue weighted by Crippen LogP contribution is -2.07. The average molecular weight is 675 g/mol. The topological polar surface area (TPSA) is 56.7 Å². The first-order chi connectivity index (χ1) is 25.6. The van der Waals surface area contributed by atoms with E-state index in [0.29, 0.717) is 17.6 Å². The van der Waals surface area contributed by atoms with Crippen LogP contribution in [0.5, 0.6) is 0 Å². The van der Waals surface area contributed by atoms with Gasteiger partial charge >= 0.3 is 0 Å². The summed E-state index contributed by atoms with van der Waals surface area (Å²) >= 11 is 0. The molecule has 0 aliphatic rings. The summed E-state index contributed by atoms with van der Waals surface area (Å²) in [5, 5.41) is 6.79. The van der Waals surface area contributed by atoms with Crippen LogP contribution in [0.25, 0.3) is 88.8 Å². The highest BCUT2D eigenvalue weighted by Crippen LogP contribution is 2.40. The molecule has 0 fully saturated rings. The Hall–Kier alpha value is -6.59. The maximum Gasteiger partial charge on any atom is 0.238 e. The SMILES string of the molecule is C=C(C)/C=C\C(=C/C)c1cccc2c3c4ccccc4ccc3n(-c3nc(-c4ccccc4)nc(-c4ccc5c(c4)oc4ccccc45)n3)c12.CC. The Morgan fingerprint density at radius 3 is 2.12 bits per heavy atom. The minimum atomic E-state index is 0.542. The van der Waals surface area contributed by atoms with Gasteiger partial charge in [-0.15, -0.1) is 0 Å². The normalized spacial score (nSPS) is 12.0. The molecule has 0 aliphatic carbocycles. The van der Waals surface area contributed by atoms with Gasteiger partial charge in [-0.2, -0.15) is 9.97 Å². The van der Waals surface area contributed by atoms with E-state index in [2.05, 4.69) is 109 Å². The molecule has 0 N–H and O–H groups in total. The Balaban J connectivity index is 0.00000190. The molecule has 252 valence electrons. The molecule has 0 aliphatic heterocycles. The smallest absolute Gasteiger partial charge is 0.238 e. The molecule has 0 atom stereocenters. The van der Waals surface area contributed by atoms with Crippen LogP contribution < -0.4 is 0 Å². The molecule has 0 bridgehead atoms. The van der Waals surface area contributed by atoms with E-state index < -0.39 is 0 Å². The fraction of sp³-hybridized carbons (Fsp3) is 0.0851. The number of fused-ring (bicyclic) bond motifs is 8. The number of para-hydroxylation sites is 2. The average Bonchev–Trinajstić information content (AvgIpc) is 3.75. The predicted molar refractivity (Wildman–Crippen MR) is 219 cm³/mol. The largest absolute Gasteiger partial charge is 0.456 e. The Bertz CT molecular complexity index is 2850. The number of hydrogen-bond donors (Lipinski definition) is 0. The molecule has 0 spiro atoms. The van der Waals surface area contributed by atoms with E-state index in [4.69, 9.17) is 19.4 Å². The van der Waals surface area contributed by atoms with Crippen molar-refractivity contribution in [2.24, 2.45) is 0 Å². The van der Waals surface area contributed by atoms with Crippen molar-refractivity contribution in [3.8, 4) is 28.7 Å². The van der Waals surface area contributed by atoms with Crippen LogP contribution in [0, 0.1) is 0 Å². The second kappa shape index (κ2) is 13.6. The Morgan fingerprint density at radius 1 is 0.635 bits per heavy atom. The van der Waals surface area contributed by atoms with Crippen molar-refractivity contribution in [1.82, 2.24) is 19.5 Å². The summed E-state index contributed by atoms with van der Waals surface area (Å²) in [6.07, 6.45) is 6.33. The first-order valence-corrected chi connectivity index (χ1v) is 17.8. The summed E-state index contributed by atoms with van der Waals surface area (Å²) in [4.78, 5) is 15.5. The number of furan rings is 1. The molecule has 5 nitrogen and oxygen atoms in total. The van der Waals surface area contributed by atoms with Gasteiger partial charge in [-0.25, -0.2) is 4.98 Å². The molecule has 9 rings (SSSR count). The Labute approximate surface area is 302 Å². The van der Waals surface area contributed by atoms with Crippen molar-refractivity contribution in [1.29, 1.82) is 0 Å². The first-order valence-electron chi connectivity index (χ1n) is 17.8. The van der Waals surface area contributed by atoms with Gasteiger partial charge in [0.05, 0.1) is 11.0 Å². The van der Waals surface area contributed by atoms with Gasteiger partial charge < -0.3 is 4.42 Å². The zero-order chi connectivity index (χ0) is 35.8. The van der Waals surface area contributed by atoms with Crippen LogP contribution >= 0.6 is 0 Å². The lowest BCUT2D eigenvalue weighted by molar-refractivity contribution is 0.669. The summed E-state index contributed by atoms with van der Waals surface area (Å²) in [5.74, 6) is 1.70. The standard InChI is InChI=1S/C45H32N4O.C2H6/c1-4-29(22-21-28(2)3)34-18-12-19-37-41-33-16-9-8-13-30(33)24-26-38(41)49(42(34)37)45-47-43(31-14-6-5-7-15-31)46-44(48-45)32-23-25-36-35-17-10-11-20-39(35)50-40(36)27-32;1-2/h4-27H,2H2,1,3H3;1-2H3/b22-21-,29-4+;. The van der Waals surface area contributed by atoms with Crippen molar-refractivity contribution in [2.45, 2.75) is 27.7 Å². The van der Waals surface area contributed by atoms with Crippen molar-refractivity contribution in [3.63, 3.8) is 0 Å². The van der Waals surface area contributed by atoms with E-state index in [9.17, 15) is 0 Å². The summed E-state index contributed by atoms with van der Waals surface area (Å²) < 4.78 is 8.50. The summed E-state index contributed by atoms with van der Waals surface area (Å²) in [6, 6.07) is 43.8. The molecule has 5 heteroatoms. The van der Waals surface area contributed by atoms with Crippen LogP contribution in [-0.4, -0.2) is 19.5 Å². The van der Waals surface area contributed by atoms with Crippen LogP contribution in [0.2, 0.25) is 0 Å². The van der Waals surface area contributed by atoms with E-state index >= 15 is 0 Å². The van der Waals surface area contributed by atoms with Crippen LogP contribution in [0.1, 0.15) is 33.3 Å². The van der Waals surface area contributed by atoms with Crippen molar-refractivity contribution in [3.05, 3.63) is 163 Å². The fourth-order valence-corrected chi connectivity index (χ4v) is 7.03. The lowest BCUT2D eigenvalue weighted by atomic mass is 9.99. The zero-order valence-corrected chi connectivity index (χ0v) is 29.8. The van der Waals surface area contributed by atoms with Crippen molar-refractivity contribution < 1.29 is 4.42 Å². The molecular weight excluding hydrogens is 637 g/mol. The first kappa shape index (κ1) is 32.6. The van der Waals surface area contributed by atoms with Gasteiger partial charge in [0.25, 0.3) is 0 Å². The van der Waals surface area contributed by atoms with Crippen molar-refractivity contribution in [2.75, 3.05) is 0 Å². The third kappa shape index (κ3) is 5.57. The van der Waals surface area contributed by atoms with Gasteiger partial charge in [-0.1, -0.05) is 147 Å². The summed E-state index contributed by atoms with van der Waals surface area (Å²) in [7, 11) is 0. The number of nitrogens with zero attached hydrogens (tertiary/aromatic N) is 4. The van der Waals surface area contributed by atoms with Gasteiger partial charge in [0.1, 0.15) is 11.2 Å². The number of hydrogen-bond acceptors (Lipinski definition) is 4. The highest BCUT2D eigenvalue weighted by Gasteiger charge is 2.22. The molecule has 0 saturated heterocycles. The third-order valence-corrected chi connectivity index (χ3v) is 9.34. The molecule has 52 heavy (non-hydrogen) atoms. The molecule has 3 aromatic heterocycles. The van der Waals surface area contributed by atoms with Crippen LogP contribution in [-0.2, 0) is 0 Å². The van der Waals surface area contributed by atoms with Crippen LogP contribution in [0.15, 0.2) is 162 Å². The molecular formula is C47H38N4O. The minimum Gasteiger partial charge on any atom is -0.456 e. The summed E-state index contributed by atoms with van der Waals surface area (Å²) in [5.41, 5.74) is 8.60. The highest BCUT2D eigenvalue weighted by atomic mass is 16.3. The lowest BCUT2D eigenvalue weighted by Gasteiger charge is -2.13. The molecule has 0 amide bonds. The minimum absolute atomic E-state index is 0.542. The second-order valence-corrected chi connectivity index (χ2v) is 12.6. The molecule has 0 unspecified atom stereocenters. The maximum absolute atomic E-state index is 6.29. The number of rotatable bonds is 6. The van der Waals surface area contributed by atoms with E-state index in [1.54, 1.807) is 0 Å². The Morgan fingerprint density at radius 2 is 1.33 bits per heavy atom. The second-order valence-electron chi connectivity index (χ2n) is 12.6. The molecule has 0 radical (unpaired) electrons.